The lowest BCUT2D eigenvalue weighted by Crippen LogP contribution is -2.32. The van der Waals surface area contributed by atoms with Crippen LogP contribution < -0.4 is 0 Å². The molecule has 0 aromatic heterocycles. The summed E-state index contributed by atoms with van der Waals surface area (Å²) >= 11 is 12.2. The zero-order valence-corrected chi connectivity index (χ0v) is 31.3. The summed E-state index contributed by atoms with van der Waals surface area (Å²) < 4.78 is 55.9. The van der Waals surface area contributed by atoms with E-state index in [9.17, 15) is 26.4 Å². The van der Waals surface area contributed by atoms with Gasteiger partial charge in [-0.15, -0.1) is 0 Å². The molecule has 0 unspecified atom stereocenters. The number of halogens is 3. The van der Waals surface area contributed by atoms with Gasteiger partial charge in [-0.05, 0) is 91.2 Å². The number of carbonyl (C=O) groups excluding carboxylic acids is 2. The molecule has 47 heavy (non-hydrogen) atoms. The first kappa shape index (κ1) is 37.1. The molecule has 13 heteroatoms. The van der Waals surface area contributed by atoms with Crippen molar-refractivity contribution < 1.29 is 26.4 Å². The van der Waals surface area contributed by atoms with Gasteiger partial charge in [0.15, 0.2) is 5.78 Å². The highest BCUT2D eigenvalue weighted by Crippen LogP contribution is 2.27. The van der Waals surface area contributed by atoms with E-state index in [0.29, 0.717) is 5.56 Å². The number of hydrogen-bond acceptors (Lipinski definition) is 6. The molecule has 4 aromatic carbocycles. The number of benzene rings is 4. The molecule has 5 rings (SSSR count). The van der Waals surface area contributed by atoms with E-state index >= 15 is 0 Å². The van der Waals surface area contributed by atoms with Crippen LogP contribution in [0, 0.1) is 13.8 Å². The molecule has 1 aliphatic heterocycles. The van der Waals surface area contributed by atoms with Gasteiger partial charge in [0.05, 0.1) is 9.79 Å². The van der Waals surface area contributed by atoms with Gasteiger partial charge in [-0.1, -0.05) is 79.4 Å². The lowest BCUT2D eigenvalue weighted by Gasteiger charge is -2.22. The highest BCUT2D eigenvalue weighted by atomic mass is 79.9. The van der Waals surface area contributed by atoms with E-state index < -0.39 is 25.3 Å². The Hall–Kier alpha value is -2.71. The molecule has 0 aliphatic carbocycles. The van der Waals surface area contributed by atoms with Gasteiger partial charge in [0, 0.05) is 53.5 Å². The molecule has 1 aliphatic rings. The Morgan fingerprint density at radius 3 is 2.02 bits per heavy atom. The highest BCUT2D eigenvalue weighted by Gasteiger charge is 2.30. The van der Waals surface area contributed by atoms with Crippen LogP contribution >= 0.6 is 43.5 Å². The lowest BCUT2D eigenvalue weighted by atomic mass is 10.0. The maximum absolute atomic E-state index is 12.9. The standard InChI is InChI=1S/C17H17BrClNO3S.C17H16BrNO3S/c1-13-5-7-16(8-6-13)24(22,23)20(10-9-17(19)21)12-14-3-2-4-15(18)11-14;1-12-2-5-15(6-3-12)23(21,22)19-9-8-17(20)16-7-4-14(18)10-13(16)11-19/h2-8,11H,9-10,12H2,1H3;2-7,10H,8-9,11H2,1H3. The number of rotatable bonds is 9. The second-order valence-electron chi connectivity index (χ2n) is 11.0. The quantitative estimate of drug-likeness (QED) is 0.161. The fourth-order valence-corrected chi connectivity index (χ4v) is 8.64. The topological polar surface area (TPSA) is 109 Å². The predicted molar refractivity (Wildman–Crippen MR) is 190 cm³/mol. The van der Waals surface area contributed by atoms with Gasteiger partial charge in [-0.3, -0.25) is 9.59 Å². The summed E-state index contributed by atoms with van der Waals surface area (Å²) in [6.45, 7) is 4.40. The summed E-state index contributed by atoms with van der Waals surface area (Å²) in [6, 6.07) is 26.2. The summed E-state index contributed by atoms with van der Waals surface area (Å²) in [4.78, 5) is 23.8. The molecule has 0 radical (unpaired) electrons. The summed E-state index contributed by atoms with van der Waals surface area (Å²) in [7, 11) is -7.33. The molecule has 0 saturated carbocycles. The molecule has 0 atom stereocenters. The third-order valence-electron chi connectivity index (χ3n) is 7.43. The average molecular weight is 825 g/mol. The van der Waals surface area contributed by atoms with Crippen LogP contribution in [0.2, 0.25) is 0 Å². The summed E-state index contributed by atoms with van der Waals surface area (Å²) in [6.07, 6.45) is 0.153. The van der Waals surface area contributed by atoms with Crippen LogP contribution in [-0.2, 0) is 37.9 Å². The molecular weight excluding hydrogens is 792 g/mol. The molecule has 0 fully saturated rings. The van der Waals surface area contributed by atoms with E-state index in [4.69, 9.17) is 11.6 Å². The van der Waals surface area contributed by atoms with Crippen LogP contribution in [0.15, 0.2) is 110 Å². The van der Waals surface area contributed by atoms with Gasteiger partial charge in [0.2, 0.25) is 25.3 Å². The van der Waals surface area contributed by atoms with E-state index in [2.05, 4.69) is 31.9 Å². The van der Waals surface area contributed by atoms with E-state index in [0.717, 1.165) is 31.2 Å². The van der Waals surface area contributed by atoms with E-state index in [1.807, 2.05) is 44.2 Å². The normalized spacial score (nSPS) is 13.8. The first-order chi connectivity index (χ1) is 22.2. The van der Waals surface area contributed by atoms with Crippen LogP contribution in [0.1, 0.15) is 45.5 Å². The maximum Gasteiger partial charge on any atom is 0.243 e. The van der Waals surface area contributed by atoms with Crippen molar-refractivity contribution in [2.24, 2.45) is 0 Å². The van der Waals surface area contributed by atoms with Crippen molar-refractivity contribution in [3.05, 3.63) is 128 Å². The number of ketones is 1. The molecule has 4 aromatic rings. The van der Waals surface area contributed by atoms with Crippen LogP contribution in [0.25, 0.3) is 0 Å². The van der Waals surface area contributed by atoms with Gasteiger partial charge >= 0.3 is 0 Å². The first-order valence-corrected chi connectivity index (χ1v) is 19.4. The Kier molecular flexibility index (Phi) is 12.7. The van der Waals surface area contributed by atoms with Crippen molar-refractivity contribution in [3.63, 3.8) is 0 Å². The molecule has 0 N–H and O–H groups in total. The maximum atomic E-state index is 12.9. The molecule has 0 amide bonds. The number of Topliss-reactive ketones (excluding diaryl/α,β-unsaturated/α-hetero) is 1. The van der Waals surface area contributed by atoms with E-state index in [1.165, 1.54) is 8.61 Å². The minimum atomic E-state index is -3.72. The van der Waals surface area contributed by atoms with Gasteiger partial charge in [-0.25, -0.2) is 16.8 Å². The minimum Gasteiger partial charge on any atom is -0.294 e. The third-order valence-corrected chi connectivity index (χ3v) is 12.3. The SMILES string of the molecule is Cc1ccc(S(=O)(=O)N(CCC(=O)Cl)Cc2cccc(Br)c2)cc1.Cc1ccc(S(=O)(=O)N2CCC(=O)c3ccc(Br)cc3C2)cc1. The lowest BCUT2D eigenvalue weighted by molar-refractivity contribution is -0.111. The summed E-state index contributed by atoms with van der Waals surface area (Å²) in [5.41, 5.74) is 4.14. The van der Waals surface area contributed by atoms with Crippen molar-refractivity contribution in [1.82, 2.24) is 8.61 Å². The van der Waals surface area contributed by atoms with Gasteiger partial charge in [0.25, 0.3) is 0 Å². The molecule has 0 spiro atoms. The van der Waals surface area contributed by atoms with Crippen molar-refractivity contribution in [1.29, 1.82) is 0 Å². The molecule has 248 valence electrons. The zero-order valence-electron chi connectivity index (χ0n) is 25.7. The third kappa shape index (κ3) is 9.91. The van der Waals surface area contributed by atoms with Crippen molar-refractivity contribution >= 4 is 74.5 Å². The van der Waals surface area contributed by atoms with Crippen molar-refractivity contribution in [2.45, 2.75) is 49.6 Å². The second-order valence-corrected chi connectivity index (χ2v) is 17.1. The molecule has 8 nitrogen and oxygen atoms in total. The Morgan fingerprint density at radius 1 is 0.830 bits per heavy atom. The first-order valence-electron chi connectivity index (χ1n) is 14.5. The fraction of sp³-hybridized carbons (Fsp3) is 0.235. The van der Waals surface area contributed by atoms with E-state index in [-0.39, 0.29) is 54.6 Å². The average Bonchev–Trinajstić information content (AvgIpc) is 3.18. The Balaban J connectivity index is 0.000000213. The van der Waals surface area contributed by atoms with Crippen molar-refractivity contribution in [3.8, 4) is 0 Å². The largest absolute Gasteiger partial charge is 0.294 e. The Labute approximate surface area is 298 Å². The fourth-order valence-electron chi connectivity index (χ4n) is 4.85. The van der Waals surface area contributed by atoms with E-state index in [1.54, 1.807) is 60.7 Å². The zero-order chi connectivity index (χ0) is 34.4. The summed E-state index contributed by atoms with van der Waals surface area (Å²) in [5, 5.41) is -0.562. The smallest absolute Gasteiger partial charge is 0.243 e. The number of fused-ring (bicyclic) bond motifs is 1. The molecular formula is C34H33Br2ClN2O6S2. The van der Waals surface area contributed by atoms with Crippen LogP contribution in [-0.4, -0.2) is 49.6 Å². The van der Waals surface area contributed by atoms with Gasteiger partial charge in [-0.2, -0.15) is 8.61 Å². The number of carbonyl (C=O) groups is 2. The molecule has 0 saturated heterocycles. The van der Waals surface area contributed by atoms with Gasteiger partial charge in [0.1, 0.15) is 0 Å². The Bertz CT molecular complexity index is 1970. The van der Waals surface area contributed by atoms with Crippen LogP contribution in [0.5, 0.6) is 0 Å². The number of nitrogens with zero attached hydrogens (tertiary/aromatic N) is 2. The van der Waals surface area contributed by atoms with Crippen LogP contribution in [0.4, 0.5) is 0 Å². The molecule has 1 heterocycles. The Morgan fingerprint density at radius 2 is 1.43 bits per heavy atom. The molecule has 0 bridgehead atoms. The summed E-state index contributed by atoms with van der Waals surface area (Å²) in [5.74, 6) is -0.0193. The monoisotopic (exact) mass is 822 g/mol. The number of sulfonamides is 2. The second kappa shape index (κ2) is 16.1. The predicted octanol–water partition coefficient (Wildman–Crippen LogP) is 7.64. The number of hydrogen-bond donors (Lipinski definition) is 0. The number of aryl methyl sites for hydroxylation is 2. The van der Waals surface area contributed by atoms with Crippen molar-refractivity contribution in [2.75, 3.05) is 13.1 Å². The highest BCUT2D eigenvalue weighted by molar-refractivity contribution is 9.10. The van der Waals surface area contributed by atoms with Gasteiger partial charge < -0.3 is 0 Å². The van der Waals surface area contributed by atoms with Crippen LogP contribution in [0.3, 0.4) is 0 Å². The minimum absolute atomic E-state index is 0.0193.